The molecular formula is C8H19AsOS. The summed E-state index contributed by atoms with van der Waals surface area (Å²) >= 11 is -2.88. The van der Waals surface area contributed by atoms with Crippen molar-refractivity contribution in [2.24, 2.45) is 0 Å². The van der Waals surface area contributed by atoms with Gasteiger partial charge in [-0.1, -0.05) is 0 Å². The van der Waals surface area contributed by atoms with Gasteiger partial charge in [0.2, 0.25) is 0 Å². The van der Waals surface area contributed by atoms with Crippen LogP contribution in [0.5, 0.6) is 0 Å². The third-order valence-corrected chi connectivity index (χ3v) is 15.1. The van der Waals surface area contributed by atoms with Gasteiger partial charge in [0, 0.05) is 0 Å². The van der Waals surface area contributed by atoms with Crippen LogP contribution in [0.25, 0.3) is 0 Å². The molecule has 0 rings (SSSR count). The van der Waals surface area contributed by atoms with Crippen LogP contribution in [-0.2, 0) is 0 Å². The normalized spacial score (nSPS) is 15.2. The van der Waals surface area contributed by atoms with Crippen molar-refractivity contribution >= 4 is 22.6 Å². The predicted molar refractivity (Wildman–Crippen MR) is 55.0 cm³/mol. The molecule has 0 aliphatic heterocycles. The van der Waals surface area contributed by atoms with Crippen LogP contribution >= 0.6 is 10.4 Å². The van der Waals surface area contributed by atoms with Crippen LogP contribution in [0.4, 0.5) is 0 Å². The summed E-state index contributed by atoms with van der Waals surface area (Å²) in [7, 11) is 5.35. The van der Waals surface area contributed by atoms with Gasteiger partial charge < -0.3 is 0 Å². The van der Waals surface area contributed by atoms with Crippen molar-refractivity contribution in [2.45, 2.75) is 49.9 Å². The molecule has 0 radical (unpaired) electrons. The van der Waals surface area contributed by atoms with Gasteiger partial charge >= 0.3 is 76.7 Å². The molecule has 1 N–H and O–H groups in total. The van der Waals surface area contributed by atoms with E-state index >= 15 is 0 Å². The monoisotopic (exact) mass is 238 g/mol. The Bertz CT molecular complexity index is 167. The molecule has 0 saturated carbocycles. The summed E-state index contributed by atoms with van der Waals surface area (Å²) in [6, 6.07) is 0. The summed E-state index contributed by atoms with van der Waals surface area (Å²) in [4.78, 5) is 0. The molecule has 0 heterocycles. The molecule has 0 atom stereocenters. The van der Waals surface area contributed by atoms with Gasteiger partial charge in [0.1, 0.15) is 0 Å². The molecular weight excluding hydrogens is 219 g/mol. The molecule has 0 aliphatic rings. The first-order valence-corrected chi connectivity index (χ1v) is 9.21. The Kier molecular flexibility index (Phi) is 3.10. The van der Waals surface area contributed by atoms with Crippen LogP contribution in [-0.4, -0.2) is 16.3 Å². The SMILES string of the molecule is CC(C)(C)[As](O)(=S)C(C)(C)C. The van der Waals surface area contributed by atoms with Crippen LogP contribution in [0.2, 0.25) is 8.41 Å². The summed E-state index contributed by atoms with van der Waals surface area (Å²) < 4.78 is 10.0. The van der Waals surface area contributed by atoms with Crippen molar-refractivity contribution in [3.8, 4) is 0 Å². The van der Waals surface area contributed by atoms with Crippen LogP contribution < -0.4 is 0 Å². The van der Waals surface area contributed by atoms with Crippen LogP contribution in [0.15, 0.2) is 0 Å². The van der Waals surface area contributed by atoms with E-state index in [-0.39, 0.29) is 8.41 Å². The standard InChI is InChI=1S/C8H19AsOS/c1-7(2,3)9(10,11)8(4,5)6/h1-6H3,(H,10,11). The van der Waals surface area contributed by atoms with E-state index in [1.165, 1.54) is 0 Å². The van der Waals surface area contributed by atoms with Crippen molar-refractivity contribution in [3.63, 3.8) is 0 Å². The van der Waals surface area contributed by atoms with E-state index < -0.39 is 12.2 Å². The van der Waals surface area contributed by atoms with Crippen LogP contribution in [0, 0.1) is 0 Å². The zero-order valence-corrected chi connectivity index (χ0v) is 11.0. The minimum atomic E-state index is -2.88. The summed E-state index contributed by atoms with van der Waals surface area (Å²) in [6.45, 7) is 12.2. The van der Waals surface area contributed by atoms with E-state index in [0.29, 0.717) is 0 Å². The van der Waals surface area contributed by atoms with Gasteiger partial charge in [-0.25, -0.2) is 0 Å². The van der Waals surface area contributed by atoms with Gasteiger partial charge in [-0.15, -0.1) is 0 Å². The van der Waals surface area contributed by atoms with E-state index in [1.54, 1.807) is 0 Å². The molecule has 0 bridgehead atoms. The fraction of sp³-hybridized carbons (Fsp3) is 1.00. The molecule has 0 aromatic carbocycles. The van der Waals surface area contributed by atoms with E-state index in [0.717, 1.165) is 0 Å². The van der Waals surface area contributed by atoms with Gasteiger partial charge in [0.15, 0.2) is 0 Å². The summed E-state index contributed by atoms with van der Waals surface area (Å²) in [6.07, 6.45) is 0. The molecule has 0 aromatic heterocycles. The molecule has 3 heteroatoms. The van der Waals surface area contributed by atoms with E-state index in [2.05, 4.69) is 0 Å². The van der Waals surface area contributed by atoms with Gasteiger partial charge in [-0.05, 0) is 0 Å². The topological polar surface area (TPSA) is 20.2 Å². The van der Waals surface area contributed by atoms with Crippen LogP contribution in [0.1, 0.15) is 41.5 Å². The molecule has 68 valence electrons. The molecule has 11 heavy (non-hydrogen) atoms. The Morgan fingerprint density at radius 2 is 1.09 bits per heavy atom. The van der Waals surface area contributed by atoms with Gasteiger partial charge in [0.05, 0.1) is 0 Å². The molecule has 0 saturated heterocycles. The Morgan fingerprint density at radius 3 is 1.09 bits per heavy atom. The second-order valence-corrected chi connectivity index (χ2v) is 15.7. The first-order valence-electron chi connectivity index (χ1n) is 3.83. The molecule has 0 spiro atoms. The first-order chi connectivity index (χ1) is 4.50. The third kappa shape index (κ3) is 2.34. The van der Waals surface area contributed by atoms with E-state index in [1.807, 2.05) is 41.5 Å². The average molecular weight is 238 g/mol. The number of hydrogen-bond donors (Lipinski definition) is 1. The van der Waals surface area contributed by atoms with Crippen molar-refractivity contribution in [1.82, 2.24) is 0 Å². The quantitative estimate of drug-likeness (QED) is 0.654. The molecule has 0 aromatic rings. The molecule has 1 nitrogen and oxygen atoms in total. The maximum atomic E-state index is 10.2. The zero-order chi connectivity index (χ0) is 9.50. The Balaban J connectivity index is 4.92. The summed E-state index contributed by atoms with van der Waals surface area (Å²) in [5.41, 5.74) is 0. The predicted octanol–water partition coefficient (Wildman–Crippen LogP) is 3.22. The Hall–Kier alpha value is 0.738. The number of rotatable bonds is 0. The van der Waals surface area contributed by atoms with Crippen molar-refractivity contribution in [3.05, 3.63) is 0 Å². The van der Waals surface area contributed by atoms with Crippen molar-refractivity contribution in [1.29, 1.82) is 0 Å². The van der Waals surface area contributed by atoms with Crippen molar-refractivity contribution in [2.75, 3.05) is 0 Å². The van der Waals surface area contributed by atoms with Crippen molar-refractivity contribution < 1.29 is 4.10 Å². The second kappa shape index (κ2) is 2.90. The minimum absolute atomic E-state index is 0.0775. The Labute approximate surface area is 76.8 Å². The van der Waals surface area contributed by atoms with E-state index in [4.69, 9.17) is 10.4 Å². The molecule has 0 unspecified atom stereocenters. The Morgan fingerprint density at radius 1 is 0.909 bits per heavy atom. The summed E-state index contributed by atoms with van der Waals surface area (Å²) in [5.74, 6) is 0. The van der Waals surface area contributed by atoms with Gasteiger partial charge in [-0.3, -0.25) is 0 Å². The van der Waals surface area contributed by atoms with Gasteiger partial charge in [0.25, 0.3) is 0 Å². The number of hydrogen-bond acceptors (Lipinski definition) is 1. The van der Waals surface area contributed by atoms with E-state index in [9.17, 15) is 4.10 Å². The summed E-state index contributed by atoms with van der Waals surface area (Å²) in [5, 5.41) is 0. The molecule has 0 fully saturated rings. The van der Waals surface area contributed by atoms with Crippen LogP contribution in [0.3, 0.4) is 0 Å². The van der Waals surface area contributed by atoms with Gasteiger partial charge in [-0.2, -0.15) is 0 Å². The second-order valence-electron chi connectivity index (χ2n) is 4.92. The fourth-order valence-electron chi connectivity index (χ4n) is 1.01. The molecule has 0 amide bonds. The zero-order valence-electron chi connectivity index (χ0n) is 8.30. The first kappa shape index (κ1) is 11.7. The fourth-order valence-corrected chi connectivity index (χ4v) is 5.23. The average Bonchev–Trinajstić information content (AvgIpc) is 1.58. The molecule has 0 aliphatic carbocycles. The third-order valence-electron chi connectivity index (χ3n) is 1.82. The maximum absolute atomic E-state index is 10.2.